The lowest BCUT2D eigenvalue weighted by Crippen LogP contribution is -2.13. The highest BCUT2D eigenvalue weighted by Crippen LogP contribution is 2.36. The summed E-state index contributed by atoms with van der Waals surface area (Å²) in [5.74, 6) is 2.60. The minimum Gasteiger partial charge on any atom is -0.399 e. The molecule has 1 aromatic heterocycles. The van der Waals surface area contributed by atoms with Crippen molar-refractivity contribution in [1.82, 2.24) is 10.1 Å². The molecule has 5 heteroatoms. The molecular formula is C16H22N4O. The zero-order valence-electron chi connectivity index (χ0n) is 12.4. The lowest BCUT2D eigenvalue weighted by atomic mass is 9.80. The molecule has 0 unspecified atom stereocenters. The van der Waals surface area contributed by atoms with Crippen molar-refractivity contribution >= 4 is 11.4 Å². The van der Waals surface area contributed by atoms with Gasteiger partial charge in [-0.1, -0.05) is 18.5 Å². The standard InChI is InChI=1S/C16H22N4O/c1-2-10-3-5-11(6-4-10)15-19-16(21-20-15)12-7-13(17)9-14(18)8-12/h7-11H,2-6,17-18H2,1H3. The van der Waals surface area contributed by atoms with Gasteiger partial charge in [0.1, 0.15) is 0 Å². The number of hydrogen-bond donors (Lipinski definition) is 2. The van der Waals surface area contributed by atoms with Gasteiger partial charge in [-0.2, -0.15) is 4.98 Å². The van der Waals surface area contributed by atoms with Crippen LogP contribution in [-0.4, -0.2) is 10.1 Å². The fraction of sp³-hybridized carbons (Fsp3) is 0.500. The van der Waals surface area contributed by atoms with E-state index in [1.54, 1.807) is 6.07 Å². The molecule has 0 spiro atoms. The SMILES string of the molecule is CCC1CCC(c2noc(-c3cc(N)cc(N)c3)n2)CC1. The third-order valence-electron chi connectivity index (χ3n) is 4.46. The van der Waals surface area contributed by atoms with Crippen molar-refractivity contribution in [1.29, 1.82) is 0 Å². The molecule has 0 bridgehead atoms. The molecule has 4 N–H and O–H groups in total. The molecule has 1 heterocycles. The minimum atomic E-state index is 0.420. The molecule has 1 saturated carbocycles. The third kappa shape index (κ3) is 3.01. The fourth-order valence-electron chi connectivity index (χ4n) is 3.15. The van der Waals surface area contributed by atoms with Gasteiger partial charge in [0.25, 0.3) is 5.89 Å². The van der Waals surface area contributed by atoms with Crippen LogP contribution in [0.4, 0.5) is 11.4 Å². The predicted octanol–water partition coefficient (Wildman–Crippen LogP) is 3.58. The molecule has 1 aliphatic carbocycles. The molecule has 0 saturated heterocycles. The Morgan fingerprint density at radius 2 is 1.76 bits per heavy atom. The lowest BCUT2D eigenvalue weighted by Gasteiger charge is -2.25. The van der Waals surface area contributed by atoms with Crippen LogP contribution in [0.25, 0.3) is 11.5 Å². The second-order valence-corrected chi connectivity index (χ2v) is 5.97. The summed E-state index contributed by atoms with van der Waals surface area (Å²) >= 11 is 0. The molecule has 0 atom stereocenters. The van der Waals surface area contributed by atoms with Crippen LogP contribution in [-0.2, 0) is 0 Å². The number of anilines is 2. The summed E-state index contributed by atoms with van der Waals surface area (Å²) < 4.78 is 5.39. The highest BCUT2D eigenvalue weighted by molar-refractivity contribution is 5.67. The maximum Gasteiger partial charge on any atom is 0.258 e. The van der Waals surface area contributed by atoms with Crippen LogP contribution >= 0.6 is 0 Å². The van der Waals surface area contributed by atoms with Crippen LogP contribution in [0.2, 0.25) is 0 Å². The van der Waals surface area contributed by atoms with Crippen molar-refractivity contribution in [3.8, 4) is 11.5 Å². The second kappa shape index (κ2) is 5.76. The number of aromatic nitrogens is 2. The first kappa shape index (κ1) is 13.9. The molecule has 1 aliphatic rings. The van der Waals surface area contributed by atoms with E-state index in [0.29, 0.717) is 23.2 Å². The van der Waals surface area contributed by atoms with Gasteiger partial charge >= 0.3 is 0 Å². The molecule has 1 fully saturated rings. The first-order valence-electron chi connectivity index (χ1n) is 7.65. The van der Waals surface area contributed by atoms with E-state index in [0.717, 1.165) is 30.1 Å². The maximum absolute atomic E-state index is 5.81. The molecule has 1 aromatic carbocycles. The number of nitrogens with zero attached hydrogens (tertiary/aromatic N) is 2. The average Bonchev–Trinajstić information content (AvgIpc) is 2.96. The molecule has 112 valence electrons. The van der Waals surface area contributed by atoms with Crippen LogP contribution in [0.15, 0.2) is 22.7 Å². The largest absolute Gasteiger partial charge is 0.399 e. The Balaban J connectivity index is 1.77. The normalized spacial score (nSPS) is 22.3. The Kier molecular flexibility index (Phi) is 3.82. The summed E-state index contributed by atoms with van der Waals surface area (Å²) in [7, 11) is 0. The van der Waals surface area contributed by atoms with Gasteiger partial charge in [0.2, 0.25) is 0 Å². The summed E-state index contributed by atoms with van der Waals surface area (Å²) in [4.78, 5) is 4.55. The average molecular weight is 286 g/mol. The van der Waals surface area contributed by atoms with Crippen molar-refractivity contribution in [2.75, 3.05) is 11.5 Å². The molecule has 5 nitrogen and oxygen atoms in total. The first-order chi connectivity index (χ1) is 10.2. The van der Waals surface area contributed by atoms with Gasteiger partial charge in [0.05, 0.1) is 0 Å². The zero-order chi connectivity index (χ0) is 14.8. The molecule has 3 rings (SSSR count). The highest BCUT2D eigenvalue weighted by Gasteiger charge is 2.25. The summed E-state index contributed by atoms with van der Waals surface area (Å²) in [5, 5.41) is 4.16. The molecule has 0 radical (unpaired) electrons. The highest BCUT2D eigenvalue weighted by atomic mass is 16.5. The number of benzene rings is 1. The Hall–Kier alpha value is -2.04. The first-order valence-corrected chi connectivity index (χ1v) is 7.65. The van der Waals surface area contributed by atoms with E-state index in [4.69, 9.17) is 16.0 Å². The van der Waals surface area contributed by atoms with Crippen molar-refractivity contribution in [3.63, 3.8) is 0 Å². The fourth-order valence-corrected chi connectivity index (χ4v) is 3.15. The van der Waals surface area contributed by atoms with Gasteiger partial charge in [-0.05, 0) is 49.8 Å². The van der Waals surface area contributed by atoms with E-state index in [1.807, 2.05) is 12.1 Å². The van der Waals surface area contributed by atoms with Gasteiger partial charge in [-0.15, -0.1) is 0 Å². The van der Waals surface area contributed by atoms with Crippen LogP contribution in [0.3, 0.4) is 0 Å². The van der Waals surface area contributed by atoms with Gasteiger partial charge in [-0.25, -0.2) is 0 Å². The Labute approximate surface area is 124 Å². The third-order valence-corrected chi connectivity index (χ3v) is 4.46. The number of nitrogen functional groups attached to an aromatic ring is 2. The summed E-state index contributed by atoms with van der Waals surface area (Å²) in [6.07, 6.45) is 6.09. The van der Waals surface area contributed by atoms with Crippen LogP contribution in [0.1, 0.15) is 50.8 Å². The summed E-state index contributed by atoms with van der Waals surface area (Å²) in [5.41, 5.74) is 13.6. The minimum absolute atomic E-state index is 0.420. The predicted molar refractivity (Wildman–Crippen MR) is 83.5 cm³/mol. The number of hydrogen-bond acceptors (Lipinski definition) is 5. The zero-order valence-corrected chi connectivity index (χ0v) is 12.4. The molecule has 0 aliphatic heterocycles. The van der Waals surface area contributed by atoms with Crippen molar-refractivity contribution in [2.45, 2.75) is 44.9 Å². The van der Waals surface area contributed by atoms with Crippen LogP contribution < -0.4 is 11.5 Å². The van der Waals surface area contributed by atoms with E-state index >= 15 is 0 Å². The maximum atomic E-state index is 5.81. The Morgan fingerprint density at radius 1 is 1.10 bits per heavy atom. The van der Waals surface area contributed by atoms with E-state index in [9.17, 15) is 0 Å². The van der Waals surface area contributed by atoms with Crippen molar-refractivity contribution in [2.24, 2.45) is 5.92 Å². The summed E-state index contributed by atoms with van der Waals surface area (Å²) in [6.45, 7) is 2.27. The topological polar surface area (TPSA) is 91.0 Å². The van der Waals surface area contributed by atoms with Gasteiger partial charge in [-0.3, -0.25) is 0 Å². The number of rotatable bonds is 3. The van der Waals surface area contributed by atoms with Crippen LogP contribution in [0.5, 0.6) is 0 Å². The Morgan fingerprint density at radius 3 is 2.38 bits per heavy atom. The van der Waals surface area contributed by atoms with Gasteiger partial charge < -0.3 is 16.0 Å². The molecule has 2 aromatic rings. The lowest BCUT2D eigenvalue weighted by molar-refractivity contribution is 0.305. The molecule has 0 amide bonds. The monoisotopic (exact) mass is 286 g/mol. The molecular weight excluding hydrogens is 264 g/mol. The molecule has 21 heavy (non-hydrogen) atoms. The second-order valence-electron chi connectivity index (χ2n) is 5.97. The quantitative estimate of drug-likeness (QED) is 0.841. The van der Waals surface area contributed by atoms with E-state index in [-0.39, 0.29) is 0 Å². The Bertz CT molecular complexity index is 594. The van der Waals surface area contributed by atoms with E-state index < -0.39 is 0 Å². The van der Waals surface area contributed by atoms with Crippen LogP contribution in [0, 0.1) is 5.92 Å². The summed E-state index contributed by atoms with van der Waals surface area (Å²) in [6, 6.07) is 5.33. The smallest absolute Gasteiger partial charge is 0.258 e. The van der Waals surface area contributed by atoms with Gasteiger partial charge in [0.15, 0.2) is 5.82 Å². The number of nitrogens with two attached hydrogens (primary N) is 2. The van der Waals surface area contributed by atoms with Crippen molar-refractivity contribution < 1.29 is 4.52 Å². The van der Waals surface area contributed by atoms with Crippen molar-refractivity contribution in [3.05, 3.63) is 24.0 Å². The van der Waals surface area contributed by atoms with Gasteiger partial charge in [0, 0.05) is 22.9 Å². The van der Waals surface area contributed by atoms with E-state index in [1.165, 1.54) is 19.3 Å². The van der Waals surface area contributed by atoms with E-state index in [2.05, 4.69) is 17.1 Å².